The quantitative estimate of drug-likeness (QED) is 0.690. The van der Waals surface area contributed by atoms with Gasteiger partial charge in [0.2, 0.25) is 0 Å². The van der Waals surface area contributed by atoms with Gasteiger partial charge in [-0.25, -0.2) is 0 Å². The Kier molecular flexibility index (Phi) is 5.55. The highest BCUT2D eigenvalue weighted by Gasteiger charge is 2.23. The summed E-state index contributed by atoms with van der Waals surface area (Å²) in [6, 6.07) is 9.91. The second-order valence-electron chi connectivity index (χ2n) is 6.26. The number of aryl methyl sites for hydroxylation is 2. The maximum absolute atomic E-state index is 12.6. The minimum Gasteiger partial charge on any atom is -0.336 e. The Morgan fingerprint density at radius 3 is 2.46 bits per heavy atom. The molecule has 1 aromatic carbocycles. The van der Waals surface area contributed by atoms with Gasteiger partial charge < -0.3 is 4.90 Å². The predicted molar refractivity (Wildman–Crippen MR) is 103 cm³/mol. The fourth-order valence-corrected chi connectivity index (χ4v) is 3.74. The molecule has 0 spiro atoms. The first-order valence-corrected chi connectivity index (χ1v) is 9.39. The number of carbonyl (C=O) groups is 1. The van der Waals surface area contributed by atoms with Crippen LogP contribution >= 0.6 is 22.6 Å². The lowest BCUT2D eigenvalue weighted by Gasteiger charge is -2.35. The molecule has 5 nitrogen and oxygen atoms in total. The summed E-state index contributed by atoms with van der Waals surface area (Å²) in [5.74, 6) is 0.151. The van der Waals surface area contributed by atoms with E-state index in [0.29, 0.717) is 0 Å². The number of nitrogens with zero attached hydrogens (tertiary/aromatic N) is 4. The molecule has 0 unspecified atom stereocenters. The average Bonchev–Trinajstić information content (AvgIpc) is 2.91. The maximum Gasteiger partial charge on any atom is 0.255 e. The topological polar surface area (TPSA) is 41.4 Å². The first-order valence-electron chi connectivity index (χ1n) is 8.32. The summed E-state index contributed by atoms with van der Waals surface area (Å²) in [6.07, 6.45) is 0. The second-order valence-corrected chi connectivity index (χ2v) is 7.43. The predicted octanol–water partition coefficient (Wildman–Crippen LogP) is 2.56. The number of aromatic nitrogens is 2. The molecule has 0 radical (unpaired) electrons. The molecule has 0 atom stereocenters. The van der Waals surface area contributed by atoms with Crippen LogP contribution in [0.15, 0.2) is 30.3 Å². The largest absolute Gasteiger partial charge is 0.336 e. The standard InChI is InChI=1S/C18H23IN4O/c1-14-13-15(2)23(20-14)12-9-21-7-10-22(11-8-21)18(24)16-5-3-4-6-17(16)19/h3-6,13H,7-12H2,1-2H3. The van der Waals surface area contributed by atoms with Crippen LogP contribution in [0.3, 0.4) is 0 Å². The number of rotatable bonds is 4. The normalized spacial score (nSPS) is 15.7. The summed E-state index contributed by atoms with van der Waals surface area (Å²) in [5, 5.41) is 4.51. The summed E-state index contributed by atoms with van der Waals surface area (Å²) in [4.78, 5) is 17.0. The zero-order valence-corrected chi connectivity index (χ0v) is 16.4. The van der Waals surface area contributed by atoms with Gasteiger partial charge in [0.25, 0.3) is 5.91 Å². The van der Waals surface area contributed by atoms with Gasteiger partial charge in [-0.2, -0.15) is 5.10 Å². The third kappa shape index (κ3) is 3.97. The van der Waals surface area contributed by atoms with E-state index in [1.165, 1.54) is 5.69 Å². The van der Waals surface area contributed by atoms with Gasteiger partial charge in [0.1, 0.15) is 0 Å². The van der Waals surface area contributed by atoms with Crippen molar-refractivity contribution in [2.24, 2.45) is 0 Å². The Bertz CT molecular complexity index is 720. The number of amides is 1. The van der Waals surface area contributed by atoms with Crippen molar-refractivity contribution < 1.29 is 4.79 Å². The highest BCUT2D eigenvalue weighted by molar-refractivity contribution is 14.1. The Balaban J connectivity index is 1.51. The zero-order valence-electron chi connectivity index (χ0n) is 14.2. The van der Waals surface area contributed by atoms with Crippen LogP contribution in [0, 0.1) is 17.4 Å². The Morgan fingerprint density at radius 2 is 1.83 bits per heavy atom. The third-order valence-electron chi connectivity index (χ3n) is 4.50. The molecule has 6 heteroatoms. The van der Waals surface area contributed by atoms with E-state index >= 15 is 0 Å². The van der Waals surface area contributed by atoms with E-state index < -0.39 is 0 Å². The SMILES string of the molecule is Cc1cc(C)n(CCN2CCN(C(=O)c3ccccc3I)CC2)n1. The molecule has 1 aliphatic rings. The minimum absolute atomic E-state index is 0.151. The molecule has 24 heavy (non-hydrogen) atoms. The van der Waals surface area contributed by atoms with Gasteiger partial charge in [-0.3, -0.25) is 14.4 Å². The lowest BCUT2D eigenvalue weighted by Crippen LogP contribution is -2.49. The van der Waals surface area contributed by atoms with Crippen molar-refractivity contribution in [3.8, 4) is 0 Å². The van der Waals surface area contributed by atoms with E-state index in [4.69, 9.17) is 0 Å². The van der Waals surface area contributed by atoms with Crippen molar-refractivity contribution in [1.82, 2.24) is 19.6 Å². The van der Waals surface area contributed by atoms with Crippen molar-refractivity contribution >= 4 is 28.5 Å². The van der Waals surface area contributed by atoms with Crippen LogP contribution in [0.2, 0.25) is 0 Å². The van der Waals surface area contributed by atoms with E-state index in [0.717, 1.165) is 54.1 Å². The molecule has 2 heterocycles. The number of benzene rings is 1. The molecule has 0 saturated carbocycles. The number of hydrogen-bond donors (Lipinski definition) is 0. The minimum atomic E-state index is 0.151. The smallest absolute Gasteiger partial charge is 0.255 e. The summed E-state index contributed by atoms with van der Waals surface area (Å²) >= 11 is 2.23. The molecule has 128 valence electrons. The van der Waals surface area contributed by atoms with E-state index in [-0.39, 0.29) is 5.91 Å². The summed E-state index contributed by atoms with van der Waals surface area (Å²) in [5.41, 5.74) is 3.09. The Labute approximate surface area is 156 Å². The molecule has 3 rings (SSSR count). The van der Waals surface area contributed by atoms with Crippen molar-refractivity contribution in [1.29, 1.82) is 0 Å². The number of hydrogen-bond acceptors (Lipinski definition) is 3. The summed E-state index contributed by atoms with van der Waals surface area (Å²) < 4.78 is 3.09. The van der Waals surface area contributed by atoms with E-state index in [2.05, 4.69) is 50.3 Å². The van der Waals surface area contributed by atoms with Crippen LogP contribution in [0.4, 0.5) is 0 Å². The van der Waals surface area contributed by atoms with Crippen LogP contribution in [0.25, 0.3) is 0 Å². The van der Waals surface area contributed by atoms with Crippen LogP contribution in [-0.2, 0) is 6.54 Å². The molecular weight excluding hydrogens is 415 g/mol. The van der Waals surface area contributed by atoms with E-state index in [1.54, 1.807) is 0 Å². The van der Waals surface area contributed by atoms with Crippen LogP contribution in [0.5, 0.6) is 0 Å². The molecule has 1 aromatic heterocycles. The number of carbonyl (C=O) groups excluding carboxylic acids is 1. The first-order chi connectivity index (χ1) is 11.5. The van der Waals surface area contributed by atoms with Gasteiger partial charge in [-0.15, -0.1) is 0 Å². The van der Waals surface area contributed by atoms with Gasteiger partial charge in [0, 0.05) is 42.0 Å². The molecule has 2 aromatic rings. The average molecular weight is 438 g/mol. The van der Waals surface area contributed by atoms with Gasteiger partial charge in [-0.1, -0.05) is 12.1 Å². The summed E-state index contributed by atoms with van der Waals surface area (Å²) in [7, 11) is 0. The van der Waals surface area contributed by atoms with Crippen molar-refractivity contribution in [3.63, 3.8) is 0 Å². The summed E-state index contributed by atoms with van der Waals surface area (Å²) in [6.45, 7) is 9.44. The monoisotopic (exact) mass is 438 g/mol. The number of halogens is 1. The molecule has 1 amide bonds. The second kappa shape index (κ2) is 7.65. The fraction of sp³-hybridized carbons (Fsp3) is 0.444. The Hall–Kier alpha value is -1.41. The van der Waals surface area contributed by atoms with Gasteiger partial charge in [0.15, 0.2) is 0 Å². The number of piperazine rings is 1. The molecule has 1 fully saturated rings. The van der Waals surface area contributed by atoms with Crippen molar-refractivity contribution in [2.45, 2.75) is 20.4 Å². The molecule has 0 bridgehead atoms. The molecule has 0 N–H and O–H groups in total. The molecular formula is C18H23IN4O. The Morgan fingerprint density at radius 1 is 1.12 bits per heavy atom. The van der Waals surface area contributed by atoms with Crippen molar-refractivity contribution in [3.05, 3.63) is 50.9 Å². The maximum atomic E-state index is 12.6. The van der Waals surface area contributed by atoms with Gasteiger partial charge >= 0.3 is 0 Å². The van der Waals surface area contributed by atoms with Crippen LogP contribution in [0.1, 0.15) is 21.7 Å². The lowest BCUT2D eigenvalue weighted by atomic mass is 10.2. The molecule has 0 aliphatic carbocycles. The van der Waals surface area contributed by atoms with Crippen molar-refractivity contribution in [2.75, 3.05) is 32.7 Å². The molecule has 1 aliphatic heterocycles. The molecule has 1 saturated heterocycles. The zero-order chi connectivity index (χ0) is 17.1. The third-order valence-corrected chi connectivity index (χ3v) is 5.44. The van der Waals surface area contributed by atoms with Crippen LogP contribution < -0.4 is 0 Å². The van der Waals surface area contributed by atoms with Gasteiger partial charge in [-0.05, 0) is 54.6 Å². The van der Waals surface area contributed by atoms with E-state index in [9.17, 15) is 4.79 Å². The lowest BCUT2D eigenvalue weighted by molar-refractivity contribution is 0.0630. The highest BCUT2D eigenvalue weighted by Crippen LogP contribution is 2.15. The van der Waals surface area contributed by atoms with Gasteiger partial charge in [0.05, 0.1) is 17.8 Å². The van der Waals surface area contributed by atoms with E-state index in [1.807, 2.05) is 36.1 Å². The van der Waals surface area contributed by atoms with Crippen LogP contribution in [-0.4, -0.2) is 58.2 Å². The fourth-order valence-electron chi connectivity index (χ4n) is 3.12. The first kappa shape index (κ1) is 17.4. The highest BCUT2D eigenvalue weighted by atomic mass is 127.